The fourth-order valence-electron chi connectivity index (χ4n) is 1.77. The van der Waals surface area contributed by atoms with Crippen molar-refractivity contribution < 1.29 is 4.79 Å². The molecule has 0 unspecified atom stereocenters. The zero-order valence-corrected chi connectivity index (χ0v) is 7.99. The van der Waals surface area contributed by atoms with E-state index in [4.69, 9.17) is 5.73 Å². The summed E-state index contributed by atoms with van der Waals surface area (Å²) in [6.45, 7) is 0. The molecule has 0 saturated heterocycles. The molecule has 0 aliphatic heterocycles. The van der Waals surface area contributed by atoms with E-state index in [1.165, 1.54) is 5.57 Å². The monoisotopic (exact) mass is 187 g/mol. The second kappa shape index (κ2) is 3.66. The van der Waals surface area contributed by atoms with Crippen LogP contribution < -0.4 is 5.73 Å². The summed E-state index contributed by atoms with van der Waals surface area (Å²) < 4.78 is 0. The van der Waals surface area contributed by atoms with Gasteiger partial charge in [-0.2, -0.15) is 0 Å². The summed E-state index contributed by atoms with van der Waals surface area (Å²) in [6, 6.07) is 0. The Hall–Kier alpha value is -1.57. The number of amides is 1. The Bertz CT molecular complexity index is 383. The molecule has 2 heteroatoms. The lowest BCUT2D eigenvalue weighted by atomic mass is 9.97. The maximum Gasteiger partial charge on any atom is 0.244 e. The van der Waals surface area contributed by atoms with Gasteiger partial charge in [0.1, 0.15) is 0 Å². The van der Waals surface area contributed by atoms with Crippen LogP contribution in [0.3, 0.4) is 0 Å². The maximum absolute atomic E-state index is 11.1. The minimum absolute atomic E-state index is 0.317. The molecule has 0 atom stereocenters. The van der Waals surface area contributed by atoms with Crippen molar-refractivity contribution in [2.75, 3.05) is 0 Å². The molecule has 72 valence electrons. The first-order valence-corrected chi connectivity index (χ1v) is 4.84. The van der Waals surface area contributed by atoms with Crippen molar-refractivity contribution in [2.45, 2.75) is 19.3 Å². The Morgan fingerprint density at radius 3 is 2.93 bits per heavy atom. The van der Waals surface area contributed by atoms with E-state index in [1.54, 1.807) is 0 Å². The highest BCUT2D eigenvalue weighted by molar-refractivity contribution is 5.93. The van der Waals surface area contributed by atoms with Crippen LogP contribution in [-0.4, -0.2) is 5.91 Å². The van der Waals surface area contributed by atoms with Gasteiger partial charge in [-0.25, -0.2) is 0 Å². The van der Waals surface area contributed by atoms with Crippen molar-refractivity contribution in [3.63, 3.8) is 0 Å². The SMILES string of the molecule is NC(=O)C1=CC2=C(C=CC1)CCC=C2. The highest BCUT2D eigenvalue weighted by atomic mass is 16.1. The molecule has 0 aromatic rings. The van der Waals surface area contributed by atoms with Crippen LogP contribution in [0.15, 0.2) is 47.1 Å². The molecule has 0 fully saturated rings. The maximum atomic E-state index is 11.1. The van der Waals surface area contributed by atoms with Crippen LogP contribution in [0.2, 0.25) is 0 Å². The average Bonchev–Trinajstić information content (AvgIpc) is 2.39. The van der Waals surface area contributed by atoms with Crippen molar-refractivity contribution in [3.05, 3.63) is 47.1 Å². The third kappa shape index (κ3) is 1.69. The van der Waals surface area contributed by atoms with Gasteiger partial charge in [-0.3, -0.25) is 4.79 Å². The zero-order valence-electron chi connectivity index (χ0n) is 7.99. The predicted molar refractivity (Wildman–Crippen MR) is 56.4 cm³/mol. The average molecular weight is 187 g/mol. The largest absolute Gasteiger partial charge is 0.366 e. The van der Waals surface area contributed by atoms with Crippen molar-refractivity contribution in [3.8, 4) is 0 Å². The van der Waals surface area contributed by atoms with Gasteiger partial charge < -0.3 is 5.73 Å². The van der Waals surface area contributed by atoms with Crippen molar-refractivity contribution in [1.82, 2.24) is 0 Å². The second-order valence-corrected chi connectivity index (χ2v) is 3.56. The molecule has 2 aliphatic carbocycles. The van der Waals surface area contributed by atoms with Gasteiger partial charge in [0.2, 0.25) is 5.91 Å². The van der Waals surface area contributed by atoms with Crippen molar-refractivity contribution >= 4 is 5.91 Å². The van der Waals surface area contributed by atoms with Gasteiger partial charge >= 0.3 is 0 Å². The molecule has 0 saturated carbocycles. The lowest BCUT2D eigenvalue weighted by Gasteiger charge is -2.08. The standard InChI is InChI=1S/C12H13NO/c13-12(14)11-7-3-6-9-4-1-2-5-10(9)8-11/h2-3,5-6,8H,1,4,7H2,(H2,13,14). The Kier molecular flexibility index (Phi) is 2.35. The summed E-state index contributed by atoms with van der Waals surface area (Å²) in [5, 5.41) is 0. The fraction of sp³-hybridized carbons (Fsp3) is 0.250. The summed E-state index contributed by atoms with van der Waals surface area (Å²) in [5.74, 6) is -0.317. The Labute approximate surface area is 83.5 Å². The quantitative estimate of drug-likeness (QED) is 0.670. The fourth-order valence-corrected chi connectivity index (χ4v) is 1.77. The van der Waals surface area contributed by atoms with E-state index < -0.39 is 0 Å². The molecule has 2 aliphatic rings. The predicted octanol–water partition coefficient (Wildman–Crippen LogP) is 2.00. The summed E-state index contributed by atoms with van der Waals surface area (Å²) in [6.07, 6.45) is 13.0. The number of primary amides is 1. The molecule has 0 aromatic heterocycles. The van der Waals surface area contributed by atoms with Gasteiger partial charge in [0, 0.05) is 5.57 Å². The molecule has 0 spiro atoms. The van der Waals surface area contributed by atoms with Crippen LogP contribution in [0.4, 0.5) is 0 Å². The van der Waals surface area contributed by atoms with Crippen LogP contribution in [0.1, 0.15) is 19.3 Å². The molecule has 0 heterocycles. The zero-order chi connectivity index (χ0) is 9.97. The molecular formula is C12H13NO. The van der Waals surface area contributed by atoms with E-state index in [9.17, 15) is 4.79 Å². The van der Waals surface area contributed by atoms with E-state index >= 15 is 0 Å². The molecule has 14 heavy (non-hydrogen) atoms. The summed E-state index contributed by atoms with van der Waals surface area (Å²) in [4.78, 5) is 11.1. The summed E-state index contributed by atoms with van der Waals surface area (Å²) in [7, 11) is 0. The van der Waals surface area contributed by atoms with Gasteiger partial charge in [0.15, 0.2) is 0 Å². The number of hydrogen-bond donors (Lipinski definition) is 1. The molecule has 2 rings (SSSR count). The highest BCUT2D eigenvalue weighted by Crippen LogP contribution is 2.25. The van der Waals surface area contributed by atoms with Crippen LogP contribution in [0.5, 0.6) is 0 Å². The van der Waals surface area contributed by atoms with E-state index in [0.717, 1.165) is 18.4 Å². The van der Waals surface area contributed by atoms with E-state index in [0.29, 0.717) is 12.0 Å². The van der Waals surface area contributed by atoms with Crippen LogP contribution >= 0.6 is 0 Å². The summed E-state index contributed by atoms with van der Waals surface area (Å²) >= 11 is 0. The number of carbonyl (C=O) groups excluding carboxylic acids is 1. The number of allylic oxidation sites excluding steroid dienone is 7. The van der Waals surface area contributed by atoms with Crippen molar-refractivity contribution in [1.29, 1.82) is 0 Å². The molecular weight excluding hydrogens is 174 g/mol. The number of hydrogen-bond acceptors (Lipinski definition) is 1. The molecule has 2 nitrogen and oxygen atoms in total. The minimum Gasteiger partial charge on any atom is -0.366 e. The van der Waals surface area contributed by atoms with Gasteiger partial charge in [-0.1, -0.05) is 24.3 Å². The topological polar surface area (TPSA) is 43.1 Å². The normalized spacial score (nSPS) is 20.1. The third-order valence-corrected chi connectivity index (χ3v) is 2.55. The highest BCUT2D eigenvalue weighted by Gasteiger charge is 2.10. The Morgan fingerprint density at radius 1 is 1.29 bits per heavy atom. The first-order chi connectivity index (χ1) is 6.77. The van der Waals surface area contributed by atoms with E-state index in [-0.39, 0.29) is 5.91 Å². The van der Waals surface area contributed by atoms with Gasteiger partial charge in [0.25, 0.3) is 0 Å². The van der Waals surface area contributed by atoms with E-state index in [2.05, 4.69) is 18.2 Å². The summed E-state index contributed by atoms with van der Waals surface area (Å²) in [5.41, 5.74) is 8.41. The van der Waals surface area contributed by atoms with Crippen LogP contribution in [0, 0.1) is 0 Å². The lowest BCUT2D eigenvalue weighted by molar-refractivity contribution is -0.114. The van der Waals surface area contributed by atoms with Crippen LogP contribution in [0.25, 0.3) is 0 Å². The Balaban J connectivity index is 2.40. The number of nitrogens with two attached hydrogens (primary N) is 1. The van der Waals surface area contributed by atoms with Crippen molar-refractivity contribution in [2.24, 2.45) is 5.73 Å². The third-order valence-electron chi connectivity index (χ3n) is 2.55. The number of rotatable bonds is 1. The first kappa shape index (κ1) is 9.00. The second-order valence-electron chi connectivity index (χ2n) is 3.56. The molecule has 0 bridgehead atoms. The first-order valence-electron chi connectivity index (χ1n) is 4.84. The van der Waals surface area contributed by atoms with Gasteiger partial charge in [-0.15, -0.1) is 0 Å². The molecule has 1 amide bonds. The number of carbonyl (C=O) groups is 1. The molecule has 2 N–H and O–H groups in total. The van der Waals surface area contributed by atoms with E-state index in [1.807, 2.05) is 12.2 Å². The molecule has 0 aromatic carbocycles. The smallest absolute Gasteiger partial charge is 0.244 e. The van der Waals surface area contributed by atoms with Crippen LogP contribution in [-0.2, 0) is 4.79 Å². The molecule has 0 radical (unpaired) electrons. The minimum atomic E-state index is -0.317. The van der Waals surface area contributed by atoms with Gasteiger partial charge in [-0.05, 0) is 36.5 Å². The Morgan fingerprint density at radius 2 is 2.14 bits per heavy atom. The van der Waals surface area contributed by atoms with Gasteiger partial charge in [0.05, 0.1) is 0 Å². The lowest BCUT2D eigenvalue weighted by Crippen LogP contribution is -2.13.